The number of guanidine groups is 1. The van der Waals surface area contributed by atoms with Crippen LogP contribution in [0.15, 0.2) is 9.98 Å². The molecule has 1 aliphatic carbocycles. The fourth-order valence-electron chi connectivity index (χ4n) is 1.16. The molecule has 1 saturated carbocycles. The maximum absolute atomic E-state index is 5.85. The summed E-state index contributed by atoms with van der Waals surface area (Å²) >= 11 is 0. The van der Waals surface area contributed by atoms with Gasteiger partial charge in [0.1, 0.15) is 0 Å². The molecule has 11 heavy (non-hydrogen) atoms. The Morgan fingerprint density at radius 1 is 1.64 bits per heavy atom. The largest absolute Gasteiger partial charge is 0.370 e. The Labute approximate surface area is 64.6 Å². The molecule has 0 aromatic rings. The van der Waals surface area contributed by atoms with Gasteiger partial charge >= 0.3 is 0 Å². The lowest BCUT2D eigenvalue weighted by molar-refractivity contribution is 0.403. The zero-order valence-electron chi connectivity index (χ0n) is 6.12. The van der Waals surface area contributed by atoms with Gasteiger partial charge in [-0.25, -0.2) is 9.98 Å². The predicted molar refractivity (Wildman–Crippen MR) is 42.9 cm³/mol. The van der Waals surface area contributed by atoms with Gasteiger partial charge in [0, 0.05) is 5.92 Å². The van der Waals surface area contributed by atoms with Crippen LogP contribution in [0.5, 0.6) is 0 Å². The maximum Gasteiger partial charge on any atom is 0.210 e. The van der Waals surface area contributed by atoms with Gasteiger partial charge in [0.25, 0.3) is 0 Å². The van der Waals surface area contributed by atoms with Gasteiger partial charge in [0.05, 0.1) is 6.34 Å². The third-order valence-corrected chi connectivity index (χ3v) is 1.96. The molecule has 2 aliphatic rings. The SMILES string of the molecule is NC1=NC(N)(C2CC2)N=CN1. The monoisotopic (exact) mass is 153 g/mol. The van der Waals surface area contributed by atoms with Crippen molar-refractivity contribution in [3.8, 4) is 0 Å². The zero-order chi connectivity index (χ0) is 7.90. The van der Waals surface area contributed by atoms with Gasteiger partial charge in [-0.1, -0.05) is 0 Å². The molecule has 1 fully saturated rings. The van der Waals surface area contributed by atoms with Crippen molar-refractivity contribution in [3.63, 3.8) is 0 Å². The molecule has 60 valence electrons. The van der Waals surface area contributed by atoms with Crippen molar-refractivity contribution in [3.05, 3.63) is 0 Å². The third-order valence-electron chi connectivity index (χ3n) is 1.96. The Kier molecular flexibility index (Phi) is 1.17. The number of hydrogen-bond acceptors (Lipinski definition) is 5. The van der Waals surface area contributed by atoms with Crippen LogP contribution in [0.2, 0.25) is 0 Å². The Hall–Kier alpha value is -1.10. The molecule has 5 N–H and O–H groups in total. The first-order valence-electron chi connectivity index (χ1n) is 3.65. The third kappa shape index (κ3) is 1.07. The molecule has 1 heterocycles. The van der Waals surface area contributed by atoms with Gasteiger partial charge in [0.2, 0.25) is 5.79 Å². The molecule has 0 saturated heterocycles. The molecule has 1 unspecified atom stereocenters. The van der Waals surface area contributed by atoms with Crippen molar-refractivity contribution in [1.29, 1.82) is 0 Å². The van der Waals surface area contributed by atoms with E-state index in [0.29, 0.717) is 11.9 Å². The van der Waals surface area contributed by atoms with E-state index in [1.807, 2.05) is 0 Å². The fraction of sp³-hybridized carbons (Fsp3) is 0.667. The zero-order valence-corrected chi connectivity index (χ0v) is 6.12. The van der Waals surface area contributed by atoms with Gasteiger partial charge < -0.3 is 11.1 Å². The number of nitrogens with two attached hydrogens (primary N) is 2. The van der Waals surface area contributed by atoms with Crippen LogP contribution in [-0.4, -0.2) is 18.1 Å². The molecular formula is C6H11N5. The molecular weight excluding hydrogens is 142 g/mol. The molecule has 0 radical (unpaired) electrons. The first-order valence-corrected chi connectivity index (χ1v) is 3.65. The number of nitrogens with one attached hydrogen (secondary N) is 1. The molecule has 0 bridgehead atoms. The quantitative estimate of drug-likeness (QED) is 0.449. The number of hydrogen-bond donors (Lipinski definition) is 3. The van der Waals surface area contributed by atoms with Crippen LogP contribution < -0.4 is 16.8 Å². The van der Waals surface area contributed by atoms with Gasteiger partial charge in [-0.2, -0.15) is 0 Å². The lowest BCUT2D eigenvalue weighted by Gasteiger charge is -2.23. The van der Waals surface area contributed by atoms with Crippen LogP contribution in [0.1, 0.15) is 12.8 Å². The summed E-state index contributed by atoms with van der Waals surface area (Å²) in [6.45, 7) is 0. The normalized spacial score (nSPS) is 36.3. The average molecular weight is 153 g/mol. The van der Waals surface area contributed by atoms with Crippen molar-refractivity contribution in [1.82, 2.24) is 5.32 Å². The van der Waals surface area contributed by atoms with Gasteiger partial charge in [-0.05, 0) is 12.8 Å². The van der Waals surface area contributed by atoms with Crippen molar-refractivity contribution in [2.45, 2.75) is 18.6 Å². The Balaban J connectivity index is 2.22. The topological polar surface area (TPSA) is 88.8 Å². The minimum atomic E-state index is -0.769. The highest BCUT2D eigenvalue weighted by Crippen LogP contribution is 2.39. The summed E-state index contributed by atoms with van der Waals surface area (Å²) in [5.41, 5.74) is 11.3. The van der Waals surface area contributed by atoms with E-state index in [1.165, 1.54) is 6.34 Å². The van der Waals surface area contributed by atoms with Crippen molar-refractivity contribution >= 4 is 12.3 Å². The van der Waals surface area contributed by atoms with E-state index >= 15 is 0 Å². The Bertz CT molecular complexity index is 229. The highest BCUT2D eigenvalue weighted by Gasteiger charge is 2.43. The predicted octanol–water partition coefficient (Wildman–Crippen LogP) is -1.04. The van der Waals surface area contributed by atoms with Crippen molar-refractivity contribution < 1.29 is 0 Å². The highest BCUT2D eigenvalue weighted by molar-refractivity contribution is 5.90. The van der Waals surface area contributed by atoms with Gasteiger partial charge in [0.15, 0.2) is 5.96 Å². The first kappa shape index (κ1) is 6.60. The van der Waals surface area contributed by atoms with E-state index < -0.39 is 5.79 Å². The lowest BCUT2D eigenvalue weighted by atomic mass is 10.2. The molecule has 0 aromatic carbocycles. The standard InChI is InChI=1S/C6H11N5/c7-5-9-3-10-6(8,11-5)4-1-2-4/h3-4H,1-2,8H2,(H3,7,9,10,11). The molecule has 5 nitrogen and oxygen atoms in total. The van der Waals surface area contributed by atoms with E-state index in [9.17, 15) is 0 Å². The second-order valence-electron chi connectivity index (χ2n) is 2.96. The molecule has 1 atom stereocenters. The molecule has 0 aromatic heterocycles. The van der Waals surface area contributed by atoms with E-state index in [-0.39, 0.29) is 0 Å². The van der Waals surface area contributed by atoms with Crippen LogP contribution in [-0.2, 0) is 0 Å². The fourth-order valence-corrected chi connectivity index (χ4v) is 1.16. The second-order valence-corrected chi connectivity index (χ2v) is 2.96. The summed E-state index contributed by atoms with van der Waals surface area (Å²) in [7, 11) is 0. The molecule has 1 aliphatic heterocycles. The number of rotatable bonds is 1. The summed E-state index contributed by atoms with van der Waals surface area (Å²) in [6.07, 6.45) is 3.72. The summed E-state index contributed by atoms with van der Waals surface area (Å²) in [5.74, 6) is -0.0243. The summed E-state index contributed by atoms with van der Waals surface area (Å²) in [4.78, 5) is 8.09. The lowest BCUT2D eigenvalue weighted by Crippen LogP contribution is -2.47. The van der Waals surface area contributed by atoms with Crippen LogP contribution in [0.4, 0.5) is 0 Å². The summed E-state index contributed by atoms with van der Waals surface area (Å²) < 4.78 is 0. The van der Waals surface area contributed by atoms with Crippen molar-refractivity contribution in [2.24, 2.45) is 27.4 Å². The van der Waals surface area contributed by atoms with Crippen LogP contribution in [0.25, 0.3) is 0 Å². The van der Waals surface area contributed by atoms with E-state index in [0.717, 1.165) is 12.8 Å². The highest BCUT2D eigenvalue weighted by atomic mass is 15.3. The van der Waals surface area contributed by atoms with Gasteiger partial charge in [-0.15, -0.1) is 0 Å². The molecule has 0 spiro atoms. The number of nitrogens with zero attached hydrogens (tertiary/aromatic N) is 2. The molecule has 5 heteroatoms. The summed E-state index contributed by atoms with van der Waals surface area (Å²) in [6, 6.07) is 0. The minimum absolute atomic E-state index is 0.356. The maximum atomic E-state index is 5.85. The van der Waals surface area contributed by atoms with Crippen LogP contribution in [0, 0.1) is 5.92 Å². The minimum Gasteiger partial charge on any atom is -0.370 e. The first-order chi connectivity index (χ1) is 5.21. The Morgan fingerprint density at radius 3 is 2.91 bits per heavy atom. The Morgan fingerprint density at radius 2 is 2.36 bits per heavy atom. The molecule has 0 amide bonds. The molecule has 2 rings (SSSR count). The van der Waals surface area contributed by atoms with Crippen LogP contribution in [0.3, 0.4) is 0 Å². The smallest absolute Gasteiger partial charge is 0.210 e. The van der Waals surface area contributed by atoms with Gasteiger partial charge in [-0.3, -0.25) is 5.73 Å². The van der Waals surface area contributed by atoms with Crippen LogP contribution >= 0.6 is 0 Å². The number of aliphatic imine (C=N–C) groups is 2. The van der Waals surface area contributed by atoms with E-state index in [2.05, 4.69) is 15.3 Å². The van der Waals surface area contributed by atoms with E-state index in [1.54, 1.807) is 0 Å². The van der Waals surface area contributed by atoms with Crippen molar-refractivity contribution in [2.75, 3.05) is 0 Å². The van der Waals surface area contributed by atoms with E-state index in [4.69, 9.17) is 11.5 Å². The summed E-state index contributed by atoms with van der Waals surface area (Å²) in [5, 5.41) is 2.68. The second kappa shape index (κ2) is 1.94. The average Bonchev–Trinajstić information content (AvgIpc) is 2.66.